The Bertz CT molecular complexity index is 1300. The molecule has 4 aromatic rings. The third kappa shape index (κ3) is 3.61. The monoisotopic (exact) mass is 401 g/mol. The number of rotatable bonds is 4. The molecule has 1 N–H and O–H groups in total. The molecule has 0 bridgehead atoms. The smallest absolute Gasteiger partial charge is 0.295 e. The molecule has 0 radical (unpaired) electrons. The zero-order valence-corrected chi connectivity index (χ0v) is 17.4. The number of carbonyl (C=O) groups is 1. The first-order valence-electron chi connectivity index (χ1n) is 9.74. The summed E-state index contributed by atoms with van der Waals surface area (Å²) in [7, 11) is 0. The molecule has 7 heteroatoms. The van der Waals surface area contributed by atoms with Crippen LogP contribution >= 0.6 is 0 Å². The number of hydrogen-bond acceptors (Lipinski definition) is 4. The molecule has 2 aromatic carbocycles. The Morgan fingerprint density at radius 2 is 1.63 bits per heavy atom. The molecule has 0 aliphatic carbocycles. The van der Waals surface area contributed by atoms with Crippen molar-refractivity contribution in [1.29, 1.82) is 0 Å². The fourth-order valence-corrected chi connectivity index (χ4v) is 3.79. The van der Waals surface area contributed by atoms with Crippen molar-refractivity contribution in [3.8, 4) is 5.69 Å². The van der Waals surface area contributed by atoms with Gasteiger partial charge in [0.2, 0.25) is 5.91 Å². The van der Waals surface area contributed by atoms with E-state index in [0.29, 0.717) is 16.9 Å². The van der Waals surface area contributed by atoms with Crippen LogP contribution in [0.2, 0.25) is 0 Å². The Morgan fingerprint density at radius 1 is 0.967 bits per heavy atom. The van der Waals surface area contributed by atoms with Gasteiger partial charge in [-0.05, 0) is 63.1 Å². The van der Waals surface area contributed by atoms with Crippen LogP contribution in [0.25, 0.3) is 16.6 Å². The molecule has 0 atom stereocenters. The highest BCUT2D eigenvalue weighted by Crippen LogP contribution is 2.21. The van der Waals surface area contributed by atoms with Gasteiger partial charge in [0, 0.05) is 5.69 Å². The van der Waals surface area contributed by atoms with Gasteiger partial charge in [-0.25, -0.2) is 9.36 Å². The third-order valence-corrected chi connectivity index (χ3v) is 4.99. The summed E-state index contributed by atoms with van der Waals surface area (Å²) in [6.07, 6.45) is 0. The number of carbonyl (C=O) groups excluding carboxylic acids is 1. The lowest BCUT2D eigenvalue weighted by molar-refractivity contribution is -0.117. The van der Waals surface area contributed by atoms with Crippen LogP contribution in [-0.4, -0.2) is 25.5 Å². The molecule has 0 saturated heterocycles. The van der Waals surface area contributed by atoms with Gasteiger partial charge in [0.05, 0.1) is 22.5 Å². The molecular weight excluding hydrogens is 378 g/mol. The fourth-order valence-electron chi connectivity index (χ4n) is 3.79. The van der Waals surface area contributed by atoms with Gasteiger partial charge in [-0.3, -0.25) is 9.59 Å². The van der Waals surface area contributed by atoms with E-state index in [1.54, 1.807) is 4.68 Å². The van der Waals surface area contributed by atoms with Gasteiger partial charge in [-0.2, -0.15) is 10.2 Å². The van der Waals surface area contributed by atoms with Crippen molar-refractivity contribution in [1.82, 2.24) is 19.6 Å². The van der Waals surface area contributed by atoms with Crippen molar-refractivity contribution in [3.05, 3.63) is 81.4 Å². The Labute approximate surface area is 174 Å². The molecule has 0 aliphatic rings. The first-order valence-corrected chi connectivity index (χ1v) is 9.74. The molecule has 0 unspecified atom stereocenters. The van der Waals surface area contributed by atoms with Crippen LogP contribution in [0.3, 0.4) is 0 Å². The lowest BCUT2D eigenvalue weighted by Crippen LogP contribution is -2.30. The quantitative estimate of drug-likeness (QED) is 0.568. The summed E-state index contributed by atoms with van der Waals surface area (Å²) in [6.45, 7) is 7.49. The summed E-state index contributed by atoms with van der Waals surface area (Å²) in [5, 5.41) is 12.5. The summed E-state index contributed by atoms with van der Waals surface area (Å²) >= 11 is 0. The summed E-state index contributed by atoms with van der Waals surface area (Å²) in [6, 6.07) is 15.4. The van der Waals surface area contributed by atoms with Gasteiger partial charge in [0.15, 0.2) is 5.52 Å². The van der Waals surface area contributed by atoms with E-state index in [2.05, 4.69) is 15.5 Å². The van der Waals surface area contributed by atoms with Crippen molar-refractivity contribution >= 4 is 22.5 Å². The zero-order valence-electron chi connectivity index (χ0n) is 17.4. The Hall–Kier alpha value is -3.74. The number of amides is 1. The van der Waals surface area contributed by atoms with Gasteiger partial charge in [-0.15, -0.1) is 0 Å². The SMILES string of the molecule is Cc1cc(C)cc(NC(=O)Cn2nc(C)c3c(C)n(-c4ccccc4)nc3c2=O)c1. The number of anilines is 1. The van der Waals surface area contributed by atoms with Crippen molar-refractivity contribution in [3.63, 3.8) is 0 Å². The van der Waals surface area contributed by atoms with Gasteiger partial charge in [-0.1, -0.05) is 24.3 Å². The van der Waals surface area contributed by atoms with Gasteiger partial charge in [0.25, 0.3) is 5.56 Å². The van der Waals surface area contributed by atoms with E-state index < -0.39 is 0 Å². The Morgan fingerprint density at radius 3 is 2.30 bits per heavy atom. The summed E-state index contributed by atoms with van der Waals surface area (Å²) in [4.78, 5) is 25.6. The number of fused-ring (bicyclic) bond motifs is 1. The lowest BCUT2D eigenvalue weighted by Gasteiger charge is -2.09. The fraction of sp³-hybridized carbons (Fsp3) is 0.217. The van der Waals surface area contributed by atoms with Crippen LogP contribution in [0.4, 0.5) is 5.69 Å². The molecule has 0 saturated carbocycles. The minimum Gasteiger partial charge on any atom is -0.324 e. The molecular formula is C23H23N5O2. The number of aryl methyl sites for hydroxylation is 4. The molecule has 0 spiro atoms. The standard InChI is InChI=1S/C23H23N5O2/c1-14-10-15(2)12-18(11-14)24-20(29)13-27-23(30)22-21(16(3)25-27)17(4)28(26-22)19-8-6-5-7-9-19/h5-12H,13H2,1-4H3,(H,24,29). The molecule has 0 aliphatic heterocycles. The van der Waals surface area contributed by atoms with E-state index in [1.807, 2.05) is 76.2 Å². The van der Waals surface area contributed by atoms with Crippen molar-refractivity contribution in [2.45, 2.75) is 34.2 Å². The highest BCUT2D eigenvalue weighted by Gasteiger charge is 2.18. The number of nitrogens with one attached hydrogen (secondary N) is 1. The van der Waals surface area contributed by atoms with Crippen LogP contribution in [-0.2, 0) is 11.3 Å². The van der Waals surface area contributed by atoms with Crippen molar-refractivity contribution in [2.75, 3.05) is 5.32 Å². The van der Waals surface area contributed by atoms with E-state index in [-0.39, 0.29) is 18.0 Å². The molecule has 2 aromatic heterocycles. The molecule has 0 fully saturated rings. The van der Waals surface area contributed by atoms with E-state index in [4.69, 9.17) is 0 Å². The number of aromatic nitrogens is 4. The summed E-state index contributed by atoms with van der Waals surface area (Å²) in [5.74, 6) is -0.312. The van der Waals surface area contributed by atoms with E-state index in [0.717, 1.165) is 27.9 Å². The molecule has 4 rings (SSSR count). The summed E-state index contributed by atoms with van der Waals surface area (Å²) in [5.41, 5.74) is 5.09. The van der Waals surface area contributed by atoms with E-state index in [9.17, 15) is 9.59 Å². The first kappa shape index (κ1) is 19.6. The third-order valence-electron chi connectivity index (χ3n) is 4.99. The van der Waals surface area contributed by atoms with E-state index in [1.165, 1.54) is 4.68 Å². The minimum absolute atomic E-state index is 0.181. The average molecular weight is 401 g/mol. The largest absolute Gasteiger partial charge is 0.324 e. The maximum absolute atomic E-state index is 13.0. The number of hydrogen-bond donors (Lipinski definition) is 1. The number of benzene rings is 2. The first-order chi connectivity index (χ1) is 14.3. The second-order valence-electron chi connectivity index (χ2n) is 7.53. The number of para-hydroxylation sites is 1. The topological polar surface area (TPSA) is 81.8 Å². The van der Waals surface area contributed by atoms with Crippen LogP contribution in [0, 0.1) is 27.7 Å². The second kappa shape index (κ2) is 7.59. The van der Waals surface area contributed by atoms with Gasteiger partial charge < -0.3 is 5.32 Å². The Kier molecular flexibility index (Phi) is 4.95. The maximum Gasteiger partial charge on any atom is 0.295 e. The Balaban J connectivity index is 1.69. The summed E-state index contributed by atoms with van der Waals surface area (Å²) < 4.78 is 2.91. The normalized spacial score (nSPS) is 11.1. The molecule has 152 valence electrons. The minimum atomic E-state index is -0.385. The maximum atomic E-state index is 13.0. The molecule has 7 nitrogen and oxygen atoms in total. The van der Waals surface area contributed by atoms with Crippen molar-refractivity contribution in [2.24, 2.45) is 0 Å². The lowest BCUT2D eigenvalue weighted by atomic mass is 10.1. The van der Waals surface area contributed by atoms with Crippen LogP contribution in [0.1, 0.15) is 22.5 Å². The van der Waals surface area contributed by atoms with Gasteiger partial charge in [0.1, 0.15) is 6.54 Å². The van der Waals surface area contributed by atoms with Crippen LogP contribution in [0.5, 0.6) is 0 Å². The number of nitrogens with zero attached hydrogens (tertiary/aromatic N) is 4. The van der Waals surface area contributed by atoms with E-state index >= 15 is 0 Å². The highest BCUT2D eigenvalue weighted by atomic mass is 16.2. The average Bonchev–Trinajstić information content (AvgIpc) is 3.03. The second-order valence-corrected chi connectivity index (χ2v) is 7.53. The predicted molar refractivity (Wildman–Crippen MR) is 117 cm³/mol. The molecule has 2 heterocycles. The van der Waals surface area contributed by atoms with Crippen LogP contribution < -0.4 is 10.9 Å². The molecule has 1 amide bonds. The zero-order chi connectivity index (χ0) is 21.4. The highest BCUT2D eigenvalue weighted by molar-refractivity contribution is 5.91. The van der Waals surface area contributed by atoms with Crippen LogP contribution in [0.15, 0.2) is 53.3 Å². The van der Waals surface area contributed by atoms with Crippen molar-refractivity contribution < 1.29 is 4.79 Å². The predicted octanol–water partition coefficient (Wildman–Crippen LogP) is 3.45. The van der Waals surface area contributed by atoms with Gasteiger partial charge >= 0.3 is 0 Å². The molecule has 30 heavy (non-hydrogen) atoms.